The van der Waals surface area contributed by atoms with Gasteiger partial charge in [-0.3, -0.25) is 5.43 Å². The van der Waals surface area contributed by atoms with Crippen molar-refractivity contribution < 1.29 is 4.74 Å². The molecule has 0 amide bonds. The average molecular weight is 269 g/mol. The lowest BCUT2D eigenvalue weighted by atomic mass is 10.3. The van der Waals surface area contributed by atoms with Crippen LogP contribution in [0.2, 0.25) is 0 Å². The second-order valence-corrected chi connectivity index (χ2v) is 4.77. The van der Waals surface area contributed by atoms with Crippen molar-refractivity contribution in [3.8, 4) is 6.01 Å². The Bertz CT molecular complexity index is 397. The summed E-state index contributed by atoms with van der Waals surface area (Å²) in [6, 6.07) is 0.596. The second kappa shape index (κ2) is 7.05. The molecule has 1 aromatic heterocycles. The molecular weight excluding hydrogens is 246 g/mol. The van der Waals surface area contributed by atoms with Gasteiger partial charge in [-0.2, -0.15) is 15.0 Å². The molecule has 0 aliphatic rings. The highest BCUT2D eigenvalue weighted by Gasteiger charge is 2.10. The Morgan fingerprint density at radius 3 is 2.32 bits per heavy atom. The van der Waals surface area contributed by atoms with E-state index in [-0.39, 0.29) is 18.1 Å². The summed E-state index contributed by atoms with van der Waals surface area (Å²) < 4.78 is 5.44. The van der Waals surface area contributed by atoms with Gasteiger partial charge in [0.05, 0.1) is 6.10 Å². The van der Waals surface area contributed by atoms with E-state index in [1.807, 2.05) is 27.9 Å². The van der Waals surface area contributed by atoms with Crippen molar-refractivity contribution in [3.63, 3.8) is 0 Å². The van der Waals surface area contributed by atoms with Crippen LogP contribution in [0.25, 0.3) is 0 Å². The van der Waals surface area contributed by atoms with E-state index in [4.69, 9.17) is 10.6 Å². The molecule has 1 heterocycles. The Morgan fingerprint density at radius 1 is 1.16 bits per heavy atom. The molecule has 1 unspecified atom stereocenters. The molecule has 19 heavy (non-hydrogen) atoms. The summed E-state index contributed by atoms with van der Waals surface area (Å²) in [7, 11) is 4.03. The summed E-state index contributed by atoms with van der Waals surface area (Å²) in [5.41, 5.74) is 2.40. The van der Waals surface area contributed by atoms with E-state index in [1.165, 1.54) is 0 Å². The number of nitrogens with one attached hydrogen (secondary N) is 2. The monoisotopic (exact) mass is 269 g/mol. The third kappa shape index (κ3) is 5.23. The number of rotatable bonds is 7. The van der Waals surface area contributed by atoms with Gasteiger partial charge in [0.25, 0.3) is 0 Å². The molecule has 0 radical (unpaired) electrons. The van der Waals surface area contributed by atoms with Gasteiger partial charge in [0.2, 0.25) is 11.9 Å². The highest BCUT2D eigenvalue weighted by molar-refractivity contribution is 5.35. The quantitative estimate of drug-likeness (QED) is 0.480. The predicted molar refractivity (Wildman–Crippen MR) is 75.0 cm³/mol. The molecule has 0 aromatic carbocycles. The zero-order valence-corrected chi connectivity index (χ0v) is 12.1. The van der Waals surface area contributed by atoms with Gasteiger partial charge in [-0.25, -0.2) is 5.84 Å². The summed E-state index contributed by atoms with van der Waals surface area (Å²) in [6.45, 7) is 6.62. The summed E-state index contributed by atoms with van der Waals surface area (Å²) in [4.78, 5) is 14.4. The van der Waals surface area contributed by atoms with Crippen molar-refractivity contribution in [3.05, 3.63) is 0 Å². The zero-order valence-electron chi connectivity index (χ0n) is 12.1. The SMILES string of the molecule is CC(C)Oc1nc(NN)nc(NCC(C)N(C)C)n1. The van der Waals surface area contributed by atoms with Crippen LogP contribution < -0.4 is 21.3 Å². The number of nitrogens with zero attached hydrogens (tertiary/aromatic N) is 4. The van der Waals surface area contributed by atoms with Gasteiger partial charge >= 0.3 is 6.01 Å². The van der Waals surface area contributed by atoms with E-state index in [1.54, 1.807) is 0 Å². The Kier molecular flexibility index (Phi) is 5.71. The maximum atomic E-state index is 5.44. The molecule has 4 N–H and O–H groups in total. The van der Waals surface area contributed by atoms with Gasteiger partial charge in [-0.1, -0.05) is 0 Å². The van der Waals surface area contributed by atoms with E-state index in [0.29, 0.717) is 18.5 Å². The first kappa shape index (κ1) is 15.4. The van der Waals surface area contributed by atoms with Crippen LogP contribution in [-0.4, -0.2) is 52.6 Å². The summed E-state index contributed by atoms with van der Waals surface area (Å²) in [6.07, 6.45) is -0.0124. The summed E-state index contributed by atoms with van der Waals surface area (Å²) >= 11 is 0. The van der Waals surface area contributed by atoms with Gasteiger partial charge in [0, 0.05) is 12.6 Å². The molecule has 0 aliphatic carbocycles. The average Bonchev–Trinajstić information content (AvgIpc) is 2.34. The lowest BCUT2D eigenvalue weighted by molar-refractivity contribution is 0.222. The number of likely N-dealkylation sites (N-methyl/N-ethyl adjacent to an activating group) is 1. The topological polar surface area (TPSA) is 101 Å². The molecule has 0 bridgehead atoms. The second-order valence-electron chi connectivity index (χ2n) is 4.77. The van der Waals surface area contributed by atoms with Gasteiger partial charge in [0.15, 0.2) is 0 Å². The highest BCUT2D eigenvalue weighted by Crippen LogP contribution is 2.12. The third-order valence-electron chi connectivity index (χ3n) is 2.52. The van der Waals surface area contributed by atoms with Crippen molar-refractivity contribution in [1.29, 1.82) is 0 Å². The number of anilines is 2. The number of nitrogen functional groups attached to an aromatic ring is 1. The molecule has 1 aromatic rings. The molecule has 0 spiro atoms. The normalized spacial score (nSPS) is 12.6. The summed E-state index contributed by atoms with van der Waals surface area (Å²) in [5, 5.41) is 3.13. The zero-order chi connectivity index (χ0) is 14.4. The number of hydrazine groups is 1. The van der Waals surface area contributed by atoms with E-state index >= 15 is 0 Å². The minimum Gasteiger partial charge on any atom is -0.461 e. The van der Waals surface area contributed by atoms with Crippen LogP contribution in [0.3, 0.4) is 0 Å². The maximum Gasteiger partial charge on any atom is 0.323 e. The minimum absolute atomic E-state index is 0.0124. The summed E-state index contributed by atoms with van der Waals surface area (Å²) in [5.74, 6) is 6.03. The van der Waals surface area contributed by atoms with Crippen molar-refractivity contribution in [2.75, 3.05) is 31.4 Å². The first-order valence-electron chi connectivity index (χ1n) is 6.22. The van der Waals surface area contributed by atoms with Crippen LogP contribution in [0.1, 0.15) is 20.8 Å². The number of nitrogens with two attached hydrogens (primary N) is 1. The third-order valence-corrected chi connectivity index (χ3v) is 2.52. The lowest BCUT2D eigenvalue weighted by Gasteiger charge is -2.20. The van der Waals surface area contributed by atoms with Crippen LogP contribution in [-0.2, 0) is 0 Å². The van der Waals surface area contributed by atoms with Crippen LogP contribution >= 0.6 is 0 Å². The first-order chi connectivity index (χ1) is 8.92. The highest BCUT2D eigenvalue weighted by atomic mass is 16.5. The fraction of sp³-hybridized carbons (Fsp3) is 0.727. The predicted octanol–water partition coefficient (Wildman–Crippen LogP) is 0.306. The molecule has 0 saturated heterocycles. The fourth-order valence-corrected chi connectivity index (χ4v) is 1.19. The molecular formula is C11H23N7O. The molecule has 0 fully saturated rings. The Balaban J connectivity index is 2.76. The lowest BCUT2D eigenvalue weighted by Crippen LogP contribution is -2.32. The van der Waals surface area contributed by atoms with E-state index in [2.05, 4.69) is 37.5 Å². The smallest absolute Gasteiger partial charge is 0.323 e. The Hall–Kier alpha value is -1.67. The molecule has 1 atom stereocenters. The molecule has 0 saturated carbocycles. The minimum atomic E-state index is -0.0124. The van der Waals surface area contributed by atoms with Crippen LogP contribution in [0.15, 0.2) is 0 Å². The number of hydrogen-bond donors (Lipinski definition) is 3. The molecule has 0 aliphatic heterocycles. The van der Waals surface area contributed by atoms with E-state index in [0.717, 1.165) is 0 Å². The fourth-order valence-electron chi connectivity index (χ4n) is 1.19. The number of hydrogen-bond acceptors (Lipinski definition) is 8. The number of ether oxygens (including phenoxy) is 1. The van der Waals surface area contributed by atoms with Gasteiger partial charge in [0.1, 0.15) is 0 Å². The standard InChI is InChI=1S/C11H23N7O/c1-7(2)19-11-15-9(14-10(16-11)17-12)13-6-8(3)18(4)5/h7-8H,6,12H2,1-5H3,(H2,13,14,15,16,17). The molecule has 8 heteroatoms. The first-order valence-corrected chi connectivity index (χ1v) is 6.22. The van der Waals surface area contributed by atoms with Crippen molar-refractivity contribution in [1.82, 2.24) is 19.9 Å². The maximum absolute atomic E-state index is 5.44. The van der Waals surface area contributed by atoms with Crippen LogP contribution in [0.4, 0.5) is 11.9 Å². The van der Waals surface area contributed by atoms with E-state index < -0.39 is 0 Å². The van der Waals surface area contributed by atoms with Crippen LogP contribution in [0, 0.1) is 0 Å². The van der Waals surface area contributed by atoms with Crippen molar-refractivity contribution in [2.45, 2.75) is 32.9 Å². The van der Waals surface area contributed by atoms with Crippen molar-refractivity contribution in [2.24, 2.45) is 5.84 Å². The molecule has 1 rings (SSSR count). The van der Waals surface area contributed by atoms with Gasteiger partial charge in [-0.15, -0.1) is 0 Å². The largest absolute Gasteiger partial charge is 0.461 e. The molecule has 108 valence electrons. The van der Waals surface area contributed by atoms with E-state index in [9.17, 15) is 0 Å². The van der Waals surface area contributed by atoms with Crippen molar-refractivity contribution >= 4 is 11.9 Å². The molecule has 8 nitrogen and oxygen atoms in total. The van der Waals surface area contributed by atoms with Crippen LogP contribution in [0.5, 0.6) is 6.01 Å². The van der Waals surface area contributed by atoms with Gasteiger partial charge < -0.3 is 15.0 Å². The Labute approximate surface area is 113 Å². The number of aromatic nitrogens is 3. The van der Waals surface area contributed by atoms with Gasteiger partial charge in [-0.05, 0) is 34.9 Å². The Morgan fingerprint density at radius 2 is 1.79 bits per heavy atom.